The lowest BCUT2D eigenvalue weighted by atomic mass is 9.89. The number of aromatic nitrogens is 1. The minimum Gasteiger partial charge on any atom is -0.475 e. The fourth-order valence-electron chi connectivity index (χ4n) is 3.60. The maximum atomic E-state index is 12.7. The lowest BCUT2D eigenvalue weighted by Crippen LogP contribution is -2.23. The van der Waals surface area contributed by atoms with Crippen LogP contribution in [0.3, 0.4) is 0 Å². The van der Waals surface area contributed by atoms with Gasteiger partial charge < -0.3 is 15.2 Å². The number of benzene rings is 2. The van der Waals surface area contributed by atoms with E-state index in [0.29, 0.717) is 5.75 Å². The number of alkyl halides is 6. The number of hydrogen-bond acceptors (Lipinski definition) is 4. The Morgan fingerprint density at radius 3 is 2.03 bits per heavy atom. The molecule has 0 amide bonds. The van der Waals surface area contributed by atoms with Gasteiger partial charge in [-0.2, -0.15) is 26.3 Å². The number of pyridine rings is 1. The molecule has 2 aromatic carbocycles. The molecule has 1 aliphatic rings. The lowest BCUT2D eigenvalue weighted by molar-refractivity contribution is -0.192. The van der Waals surface area contributed by atoms with Gasteiger partial charge in [-0.05, 0) is 60.8 Å². The predicted octanol–water partition coefficient (Wildman–Crippen LogP) is 6.71. The number of ether oxygens (including phenoxy) is 1. The number of rotatable bonds is 4. The number of carbonyl (C=O) groups is 1. The van der Waals surface area contributed by atoms with Gasteiger partial charge >= 0.3 is 18.3 Å². The molecule has 2 heterocycles. The highest BCUT2D eigenvalue weighted by Crippen LogP contribution is 2.34. The molecule has 0 aliphatic carbocycles. The molecule has 5 nitrogen and oxygen atoms in total. The van der Waals surface area contributed by atoms with Crippen LogP contribution in [0.25, 0.3) is 5.57 Å². The molecule has 0 saturated carbocycles. The number of carboxylic acids is 1. The SMILES string of the molecule is FC(F)(F)c1ccc(Oc2cccc(C(=C3CCNCC3)c3ccccc3)c2)nc1.O=C(O)C(F)(F)F. The number of aliphatic carboxylic acids is 1. The monoisotopic (exact) mass is 524 g/mol. The normalized spacial score (nSPS) is 13.8. The summed E-state index contributed by atoms with van der Waals surface area (Å²) in [6.07, 6.45) is -6.78. The summed E-state index contributed by atoms with van der Waals surface area (Å²) in [7, 11) is 0. The smallest absolute Gasteiger partial charge is 0.475 e. The largest absolute Gasteiger partial charge is 0.490 e. The molecule has 0 spiro atoms. The number of piperidine rings is 1. The van der Waals surface area contributed by atoms with Crippen molar-refractivity contribution < 1.29 is 41.0 Å². The number of nitrogens with one attached hydrogen (secondary N) is 1. The molecule has 37 heavy (non-hydrogen) atoms. The van der Waals surface area contributed by atoms with Gasteiger partial charge in [-0.1, -0.05) is 48.0 Å². The van der Waals surface area contributed by atoms with E-state index in [-0.39, 0.29) is 5.88 Å². The number of nitrogens with zero attached hydrogens (tertiary/aromatic N) is 1. The minimum absolute atomic E-state index is 0.121. The molecule has 1 saturated heterocycles. The summed E-state index contributed by atoms with van der Waals surface area (Å²) < 4.78 is 75.7. The topological polar surface area (TPSA) is 71.5 Å². The third-order valence-electron chi connectivity index (χ3n) is 5.27. The first-order valence-electron chi connectivity index (χ1n) is 11.0. The van der Waals surface area contributed by atoms with E-state index >= 15 is 0 Å². The first kappa shape index (κ1) is 27.7. The van der Waals surface area contributed by atoms with E-state index in [1.807, 2.05) is 36.4 Å². The molecule has 1 aliphatic heterocycles. The average molecular weight is 524 g/mol. The Kier molecular flexibility index (Phi) is 8.93. The fraction of sp³-hybridized carbons (Fsp3) is 0.231. The molecule has 0 atom stereocenters. The Morgan fingerprint density at radius 2 is 1.49 bits per heavy atom. The van der Waals surface area contributed by atoms with Crippen LogP contribution < -0.4 is 10.1 Å². The standard InChI is InChI=1S/C24H21F3N2O.C2HF3O2/c25-24(26,27)20-9-10-22(29-16-20)30-21-8-4-7-19(15-21)23(17-5-2-1-3-6-17)18-11-13-28-14-12-18;3-2(4,5)1(6)7/h1-10,15-16,28H,11-14H2;(H,6,7). The highest BCUT2D eigenvalue weighted by atomic mass is 19.4. The first-order chi connectivity index (χ1) is 17.4. The molecule has 1 aromatic heterocycles. The second kappa shape index (κ2) is 11.9. The van der Waals surface area contributed by atoms with E-state index in [4.69, 9.17) is 14.6 Å². The van der Waals surface area contributed by atoms with Crippen molar-refractivity contribution in [2.45, 2.75) is 25.2 Å². The van der Waals surface area contributed by atoms with Crippen LogP contribution in [0.1, 0.15) is 29.5 Å². The van der Waals surface area contributed by atoms with Gasteiger partial charge in [0, 0.05) is 12.3 Å². The molecule has 196 valence electrons. The van der Waals surface area contributed by atoms with Crippen LogP contribution in [0.15, 0.2) is 78.5 Å². The zero-order valence-electron chi connectivity index (χ0n) is 19.2. The van der Waals surface area contributed by atoms with Crippen LogP contribution in [0.4, 0.5) is 26.3 Å². The summed E-state index contributed by atoms with van der Waals surface area (Å²) in [5.41, 5.74) is 3.92. The lowest BCUT2D eigenvalue weighted by Gasteiger charge is -2.21. The summed E-state index contributed by atoms with van der Waals surface area (Å²) in [6, 6.07) is 20.0. The number of halogens is 6. The maximum absolute atomic E-state index is 12.7. The van der Waals surface area contributed by atoms with E-state index in [2.05, 4.69) is 22.4 Å². The zero-order valence-corrected chi connectivity index (χ0v) is 19.2. The third kappa shape index (κ3) is 8.07. The van der Waals surface area contributed by atoms with Gasteiger partial charge in [-0.3, -0.25) is 0 Å². The predicted molar refractivity (Wildman–Crippen MR) is 124 cm³/mol. The van der Waals surface area contributed by atoms with Crippen molar-refractivity contribution >= 4 is 11.5 Å². The van der Waals surface area contributed by atoms with Crippen molar-refractivity contribution in [2.24, 2.45) is 0 Å². The Labute approximate surface area is 208 Å². The highest BCUT2D eigenvalue weighted by Gasteiger charge is 2.38. The van der Waals surface area contributed by atoms with Crippen LogP contribution in [-0.4, -0.2) is 35.3 Å². The summed E-state index contributed by atoms with van der Waals surface area (Å²) in [6.45, 7) is 1.88. The van der Waals surface area contributed by atoms with E-state index in [0.717, 1.165) is 49.3 Å². The van der Waals surface area contributed by atoms with Crippen LogP contribution in [-0.2, 0) is 11.0 Å². The van der Waals surface area contributed by atoms with Crippen molar-refractivity contribution in [2.75, 3.05) is 13.1 Å². The molecule has 11 heteroatoms. The zero-order chi connectivity index (χ0) is 27.1. The van der Waals surface area contributed by atoms with E-state index in [1.54, 1.807) is 6.07 Å². The van der Waals surface area contributed by atoms with Gasteiger partial charge in [-0.15, -0.1) is 0 Å². The van der Waals surface area contributed by atoms with Crippen LogP contribution in [0.2, 0.25) is 0 Å². The van der Waals surface area contributed by atoms with Gasteiger partial charge in [0.25, 0.3) is 0 Å². The number of hydrogen-bond donors (Lipinski definition) is 2. The van der Waals surface area contributed by atoms with Gasteiger partial charge in [0.2, 0.25) is 5.88 Å². The van der Waals surface area contributed by atoms with Crippen molar-refractivity contribution in [3.63, 3.8) is 0 Å². The summed E-state index contributed by atoms with van der Waals surface area (Å²) >= 11 is 0. The Morgan fingerprint density at radius 1 is 0.865 bits per heavy atom. The van der Waals surface area contributed by atoms with Crippen LogP contribution in [0.5, 0.6) is 11.6 Å². The molecular weight excluding hydrogens is 502 g/mol. The molecule has 0 radical (unpaired) electrons. The van der Waals surface area contributed by atoms with Gasteiger partial charge in [0.1, 0.15) is 5.75 Å². The van der Waals surface area contributed by atoms with Crippen LogP contribution in [0, 0.1) is 0 Å². The van der Waals surface area contributed by atoms with Crippen molar-refractivity contribution in [1.82, 2.24) is 10.3 Å². The van der Waals surface area contributed by atoms with Crippen molar-refractivity contribution in [3.05, 3.63) is 95.2 Å². The third-order valence-corrected chi connectivity index (χ3v) is 5.27. The van der Waals surface area contributed by atoms with Crippen molar-refractivity contribution in [1.29, 1.82) is 0 Å². The van der Waals surface area contributed by atoms with E-state index in [9.17, 15) is 26.3 Å². The first-order valence-corrected chi connectivity index (χ1v) is 11.0. The van der Waals surface area contributed by atoms with Gasteiger partial charge in [0.05, 0.1) is 5.56 Å². The molecule has 2 N–H and O–H groups in total. The second-order valence-electron chi connectivity index (χ2n) is 7.91. The fourth-order valence-corrected chi connectivity index (χ4v) is 3.60. The van der Waals surface area contributed by atoms with E-state index < -0.39 is 23.9 Å². The molecule has 0 bridgehead atoms. The van der Waals surface area contributed by atoms with E-state index in [1.165, 1.54) is 17.2 Å². The second-order valence-corrected chi connectivity index (χ2v) is 7.91. The molecule has 3 aromatic rings. The van der Waals surface area contributed by atoms with Gasteiger partial charge in [0.15, 0.2) is 0 Å². The maximum Gasteiger partial charge on any atom is 0.490 e. The molecule has 0 unspecified atom stereocenters. The van der Waals surface area contributed by atoms with Gasteiger partial charge in [-0.25, -0.2) is 9.78 Å². The average Bonchev–Trinajstić information content (AvgIpc) is 2.85. The quantitative estimate of drug-likeness (QED) is 0.371. The number of carboxylic acid groups (broad SMARTS) is 1. The molecule has 1 fully saturated rings. The van der Waals surface area contributed by atoms with Crippen molar-refractivity contribution in [3.8, 4) is 11.6 Å². The Hall–Kier alpha value is -3.86. The summed E-state index contributed by atoms with van der Waals surface area (Å²) in [5, 5.41) is 10.5. The Balaban J connectivity index is 0.000000479. The Bertz CT molecular complexity index is 1220. The highest BCUT2D eigenvalue weighted by molar-refractivity contribution is 5.82. The summed E-state index contributed by atoms with van der Waals surface area (Å²) in [5.74, 6) is -2.11. The molecule has 4 rings (SSSR count). The molecular formula is C26H22F6N2O3. The minimum atomic E-state index is -5.08. The summed E-state index contributed by atoms with van der Waals surface area (Å²) in [4.78, 5) is 12.7. The van der Waals surface area contributed by atoms with Crippen LogP contribution >= 0.6 is 0 Å².